The van der Waals surface area contributed by atoms with E-state index in [9.17, 15) is 14.7 Å². The molecule has 0 radical (unpaired) electrons. The SMILES string of the molecule is CC1CC(C)(C)CC[C@@]1(CC[C@]1(C)CC(=O)C=C2[C@@]3(C)Cc4cnoc4C(C)(C)C3CC[C@]21C)C(=O)O. The zero-order valence-electron chi connectivity index (χ0n) is 24.3. The number of carboxylic acids is 1. The third kappa shape index (κ3) is 3.65. The number of aromatic nitrogens is 1. The van der Waals surface area contributed by atoms with E-state index in [1.807, 2.05) is 12.3 Å². The topological polar surface area (TPSA) is 80.4 Å². The van der Waals surface area contributed by atoms with Gasteiger partial charge in [0.1, 0.15) is 5.76 Å². The zero-order chi connectivity index (χ0) is 27.2. The monoisotopic (exact) mass is 509 g/mol. The second-order valence-corrected chi connectivity index (χ2v) is 15.4. The van der Waals surface area contributed by atoms with Gasteiger partial charge in [-0.15, -0.1) is 0 Å². The highest BCUT2D eigenvalue weighted by atomic mass is 16.5. The molecule has 2 fully saturated rings. The number of hydrogen-bond donors (Lipinski definition) is 1. The molecule has 4 aliphatic rings. The van der Waals surface area contributed by atoms with E-state index in [0.717, 1.165) is 56.3 Å². The van der Waals surface area contributed by atoms with Crippen LogP contribution in [0, 0.1) is 38.9 Å². The Kier molecular flexibility index (Phi) is 5.81. The van der Waals surface area contributed by atoms with Gasteiger partial charge in [0.2, 0.25) is 0 Å². The van der Waals surface area contributed by atoms with E-state index >= 15 is 0 Å². The van der Waals surface area contributed by atoms with Crippen LogP contribution in [0.15, 0.2) is 22.4 Å². The van der Waals surface area contributed by atoms with Gasteiger partial charge in [0.25, 0.3) is 0 Å². The number of fused-ring (bicyclic) bond motifs is 4. The lowest BCUT2D eigenvalue weighted by atomic mass is 9.39. The largest absolute Gasteiger partial charge is 0.481 e. The molecule has 4 aliphatic carbocycles. The molecule has 2 unspecified atom stereocenters. The average Bonchev–Trinajstić information content (AvgIpc) is 3.23. The molecule has 0 bridgehead atoms. The number of carbonyl (C=O) groups is 2. The minimum Gasteiger partial charge on any atom is -0.481 e. The van der Waals surface area contributed by atoms with Crippen LogP contribution in [0.4, 0.5) is 0 Å². The van der Waals surface area contributed by atoms with Gasteiger partial charge in [-0.3, -0.25) is 9.59 Å². The van der Waals surface area contributed by atoms with Crippen LogP contribution in [-0.2, 0) is 21.4 Å². The Balaban J connectivity index is 1.51. The zero-order valence-corrected chi connectivity index (χ0v) is 24.3. The number of carboxylic acid groups (broad SMARTS) is 1. The van der Waals surface area contributed by atoms with Gasteiger partial charge < -0.3 is 9.63 Å². The highest BCUT2D eigenvalue weighted by Gasteiger charge is 2.64. The fraction of sp³-hybridized carbons (Fsp3) is 0.781. The fourth-order valence-corrected chi connectivity index (χ4v) is 9.89. The van der Waals surface area contributed by atoms with Crippen molar-refractivity contribution in [2.24, 2.45) is 38.9 Å². The second-order valence-electron chi connectivity index (χ2n) is 15.4. The number of rotatable bonds is 4. The third-order valence-electron chi connectivity index (χ3n) is 12.4. The first-order valence-corrected chi connectivity index (χ1v) is 14.4. The Morgan fingerprint density at radius 3 is 2.41 bits per heavy atom. The van der Waals surface area contributed by atoms with E-state index in [1.54, 1.807) is 0 Å². The molecule has 0 aliphatic heterocycles. The molecule has 0 aromatic carbocycles. The van der Waals surface area contributed by atoms with Crippen LogP contribution in [0.3, 0.4) is 0 Å². The predicted octanol–water partition coefficient (Wildman–Crippen LogP) is 7.53. The van der Waals surface area contributed by atoms with Crippen LogP contribution >= 0.6 is 0 Å². The van der Waals surface area contributed by atoms with Crippen LogP contribution in [0.1, 0.15) is 118 Å². The van der Waals surface area contributed by atoms with Crippen LogP contribution in [-0.4, -0.2) is 22.0 Å². The molecule has 2 saturated carbocycles. The molecular weight excluding hydrogens is 462 g/mol. The molecule has 5 nitrogen and oxygen atoms in total. The third-order valence-corrected chi connectivity index (χ3v) is 12.4. The minimum atomic E-state index is -0.704. The molecule has 1 aromatic heterocycles. The van der Waals surface area contributed by atoms with E-state index in [0.29, 0.717) is 18.8 Å². The highest BCUT2D eigenvalue weighted by molar-refractivity contribution is 5.93. The van der Waals surface area contributed by atoms with E-state index in [2.05, 4.69) is 60.5 Å². The van der Waals surface area contributed by atoms with Crippen molar-refractivity contribution in [2.75, 3.05) is 0 Å². The Morgan fingerprint density at radius 2 is 1.76 bits per heavy atom. The number of carbonyl (C=O) groups excluding carboxylic acids is 1. The maximum absolute atomic E-state index is 13.4. The predicted molar refractivity (Wildman–Crippen MR) is 144 cm³/mol. The molecular formula is C32H47NO4. The summed E-state index contributed by atoms with van der Waals surface area (Å²) in [4.78, 5) is 26.3. The van der Waals surface area contributed by atoms with Gasteiger partial charge in [-0.25, -0.2) is 0 Å². The van der Waals surface area contributed by atoms with Gasteiger partial charge in [0.15, 0.2) is 5.78 Å². The van der Waals surface area contributed by atoms with Gasteiger partial charge in [0, 0.05) is 17.4 Å². The number of hydrogen-bond acceptors (Lipinski definition) is 4. The summed E-state index contributed by atoms with van der Waals surface area (Å²) in [5, 5.41) is 14.7. The summed E-state index contributed by atoms with van der Waals surface area (Å²) in [6.07, 6.45) is 11.3. The number of aliphatic carboxylic acids is 1. The van der Waals surface area contributed by atoms with Crippen molar-refractivity contribution < 1.29 is 19.2 Å². The van der Waals surface area contributed by atoms with Gasteiger partial charge in [-0.2, -0.15) is 0 Å². The Hall–Kier alpha value is -1.91. The van der Waals surface area contributed by atoms with Gasteiger partial charge in [0.05, 0.1) is 11.6 Å². The van der Waals surface area contributed by atoms with Gasteiger partial charge in [-0.05, 0) is 90.9 Å². The van der Waals surface area contributed by atoms with Crippen molar-refractivity contribution in [1.29, 1.82) is 0 Å². The molecule has 5 rings (SSSR count). The quantitative estimate of drug-likeness (QED) is 0.454. The summed E-state index contributed by atoms with van der Waals surface area (Å²) < 4.78 is 5.76. The molecule has 204 valence electrons. The first-order chi connectivity index (χ1) is 17.0. The maximum atomic E-state index is 13.4. The van der Waals surface area contributed by atoms with Crippen LogP contribution in [0.25, 0.3) is 0 Å². The van der Waals surface area contributed by atoms with Crippen molar-refractivity contribution in [3.63, 3.8) is 0 Å². The average molecular weight is 510 g/mol. The van der Waals surface area contributed by atoms with Crippen molar-refractivity contribution in [1.82, 2.24) is 5.16 Å². The first kappa shape index (κ1) is 26.7. The molecule has 1 aromatic rings. The highest BCUT2D eigenvalue weighted by Crippen LogP contribution is 2.70. The summed E-state index contributed by atoms with van der Waals surface area (Å²) >= 11 is 0. The fourth-order valence-electron chi connectivity index (χ4n) is 9.89. The maximum Gasteiger partial charge on any atom is 0.309 e. The van der Waals surface area contributed by atoms with Crippen LogP contribution in [0.5, 0.6) is 0 Å². The van der Waals surface area contributed by atoms with E-state index in [4.69, 9.17) is 4.52 Å². The molecule has 1 heterocycles. The summed E-state index contributed by atoms with van der Waals surface area (Å²) in [7, 11) is 0. The Labute approximate surface area is 222 Å². The van der Waals surface area contributed by atoms with E-state index < -0.39 is 11.4 Å². The summed E-state index contributed by atoms with van der Waals surface area (Å²) in [6, 6.07) is 0. The van der Waals surface area contributed by atoms with Crippen molar-refractivity contribution in [3.8, 4) is 0 Å². The van der Waals surface area contributed by atoms with E-state index in [-0.39, 0.29) is 38.8 Å². The molecule has 0 spiro atoms. The standard InChI is InChI=1S/C32H47NO4/c1-20-16-27(2,3)11-13-32(20,26(35)36)14-12-29(6)18-22(34)15-24-30(7)17-21-19-33-37-25(21)28(4,5)23(30)9-10-31(24,29)8/h15,19-20,23H,9-14,16-18H2,1-8H3,(H,35,36)/t20?,23?,29-,30+,31-,32+/m1/s1. The Bertz CT molecular complexity index is 1160. The minimum absolute atomic E-state index is 0.124. The van der Waals surface area contributed by atoms with Crippen molar-refractivity contribution >= 4 is 11.8 Å². The molecule has 37 heavy (non-hydrogen) atoms. The summed E-state index contributed by atoms with van der Waals surface area (Å²) in [6.45, 7) is 18.2. The van der Waals surface area contributed by atoms with Crippen molar-refractivity contribution in [2.45, 2.75) is 119 Å². The van der Waals surface area contributed by atoms with Gasteiger partial charge in [-0.1, -0.05) is 66.1 Å². The van der Waals surface area contributed by atoms with Crippen LogP contribution in [0.2, 0.25) is 0 Å². The molecule has 0 amide bonds. The molecule has 1 N–H and O–H groups in total. The summed E-state index contributed by atoms with van der Waals surface area (Å²) in [5.41, 5.74) is 1.21. The molecule has 5 heteroatoms. The number of allylic oxidation sites excluding steroid dienone is 2. The molecule has 6 atom stereocenters. The number of nitrogens with zero attached hydrogens (tertiary/aromatic N) is 1. The lowest BCUT2D eigenvalue weighted by Crippen LogP contribution is -2.58. The van der Waals surface area contributed by atoms with Gasteiger partial charge >= 0.3 is 5.97 Å². The number of ketones is 1. The van der Waals surface area contributed by atoms with E-state index in [1.165, 1.54) is 5.57 Å². The van der Waals surface area contributed by atoms with Crippen molar-refractivity contribution in [3.05, 3.63) is 29.2 Å². The second kappa shape index (κ2) is 8.05. The first-order valence-electron chi connectivity index (χ1n) is 14.4. The lowest BCUT2D eigenvalue weighted by Gasteiger charge is -2.64. The molecule has 0 saturated heterocycles. The summed E-state index contributed by atoms with van der Waals surface area (Å²) in [5.74, 6) is 1.04. The lowest BCUT2D eigenvalue weighted by molar-refractivity contribution is -0.159. The smallest absolute Gasteiger partial charge is 0.309 e. The normalized spacial score (nSPS) is 42.3. The Morgan fingerprint density at radius 1 is 1.05 bits per heavy atom. The van der Waals surface area contributed by atoms with Crippen LogP contribution < -0.4 is 0 Å².